The van der Waals surface area contributed by atoms with Gasteiger partial charge in [0.2, 0.25) is 0 Å². The number of halogens is 2. The molecule has 0 bridgehead atoms. The average Bonchev–Trinajstić information content (AvgIpc) is 3.06. The Bertz CT molecular complexity index is 856. The molecule has 0 radical (unpaired) electrons. The molecule has 0 amide bonds. The van der Waals surface area contributed by atoms with Crippen LogP contribution in [0, 0.1) is 0 Å². The summed E-state index contributed by atoms with van der Waals surface area (Å²) in [7, 11) is 0. The second kappa shape index (κ2) is 7.42. The van der Waals surface area contributed by atoms with Crippen LogP contribution in [0.1, 0.15) is 42.4 Å². The van der Waals surface area contributed by atoms with E-state index in [0.29, 0.717) is 45.1 Å². The number of benzene rings is 1. The number of carbonyl (C=O) groups excluding carboxylic acids is 1. The molecule has 1 heterocycles. The summed E-state index contributed by atoms with van der Waals surface area (Å²) in [5.74, 6) is 1.39. The van der Waals surface area contributed by atoms with E-state index >= 15 is 0 Å². The van der Waals surface area contributed by atoms with Crippen molar-refractivity contribution in [1.29, 1.82) is 0 Å². The van der Waals surface area contributed by atoms with E-state index in [1.807, 2.05) is 26.0 Å². The minimum Gasteiger partial charge on any atom is -0.490 e. The van der Waals surface area contributed by atoms with Gasteiger partial charge >= 0.3 is 0 Å². The fraction of sp³-hybridized carbons (Fsp3) is 0.278. The molecule has 3 rings (SSSR count). The third kappa shape index (κ3) is 3.94. The standard InChI is InChI=1S/C18H16Cl2N2O3/c1-10(2)24-16-6-4-12(8-15(16)20)17-21-18(25-22-17)13-5-3-11(9-23)7-14(13)19/h3-7,9-10,12H,8H2,1-2H3. The van der Waals surface area contributed by atoms with Crippen LogP contribution in [-0.4, -0.2) is 22.5 Å². The second-order valence-corrected chi connectivity index (χ2v) is 6.78. The van der Waals surface area contributed by atoms with Gasteiger partial charge in [0.25, 0.3) is 5.89 Å². The van der Waals surface area contributed by atoms with Gasteiger partial charge in [0.15, 0.2) is 5.82 Å². The van der Waals surface area contributed by atoms with Gasteiger partial charge in [-0.15, -0.1) is 0 Å². The lowest BCUT2D eigenvalue weighted by Crippen LogP contribution is -2.08. The topological polar surface area (TPSA) is 65.2 Å². The van der Waals surface area contributed by atoms with Gasteiger partial charge in [-0.25, -0.2) is 0 Å². The number of ether oxygens (including phenoxy) is 1. The summed E-state index contributed by atoms with van der Waals surface area (Å²) in [5.41, 5.74) is 1.06. The van der Waals surface area contributed by atoms with Crippen LogP contribution in [0.15, 0.2) is 45.7 Å². The van der Waals surface area contributed by atoms with E-state index in [4.69, 9.17) is 32.5 Å². The summed E-state index contributed by atoms with van der Waals surface area (Å²) >= 11 is 12.5. The molecule has 1 aromatic carbocycles. The van der Waals surface area contributed by atoms with Crippen molar-refractivity contribution >= 4 is 29.5 Å². The molecule has 0 saturated heterocycles. The molecule has 5 nitrogen and oxygen atoms in total. The fourth-order valence-electron chi connectivity index (χ4n) is 2.46. The predicted molar refractivity (Wildman–Crippen MR) is 95.7 cm³/mol. The molecular weight excluding hydrogens is 363 g/mol. The molecule has 130 valence electrons. The van der Waals surface area contributed by atoms with Crippen molar-refractivity contribution in [2.24, 2.45) is 0 Å². The predicted octanol–water partition coefficient (Wildman–Crippen LogP) is 5.12. The molecule has 2 aromatic rings. The van der Waals surface area contributed by atoms with Crippen molar-refractivity contribution in [3.05, 3.63) is 57.6 Å². The fourth-order valence-corrected chi connectivity index (χ4v) is 3.01. The van der Waals surface area contributed by atoms with Gasteiger partial charge in [0, 0.05) is 17.9 Å². The molecule has 0 spiro atoms. The van der Waals surface area contributed by atoms with Crippen LogP contribution in [-0.2, 0) is 4.74 Å². The monoisotopic (exact) mass is 378 g/mol. The number of nitrogens with zero attached hydrogens (tertiary/aromatic N) is 2. The highest BCUT2D eigenvalue weighted by atomic mass is 35.5. The number of aromatic nitrogens is 2. The van der Waals surface area contributed by atoms with E-state index in [1.54, 1.807) is 18.2 Å². The largest absolute Gasteiger partial charge is 0.490 e. The summed E-state index contributed by atoms with van der Waals surface area (Å²) in [6, 6.07) is 4.89. The normalized spacial score (nSPS) is 17.2. The summed E-state index contributed by atoms with van der Waals surface area (Å²) in [4.78, 5) is 15.2. The molecule has 0 saturated carbocycles. The minimum absolute atomic E-state index is 0.0539. The lowest BCUT2D eigenvalue weighted by Gasteiger charge is -2.18. The van der Waals surface area contributed by atoms with Gasteiger partial charge in [0.1, 0.15) is 12.0 Å². The second-order valence-electron chi connectivity index (χ2n) is 5.92. The van der Waals surface area contributed by atoms with Crippen LogP contribution in [0.4, 0.5) is 0 Å². The third-order valence-corrected chi connectivity index (χ3v) is 4.30. The Labute approximate surface area is 155 Å². The number of hydrogen-bond acceptors (Lipinski definition) is 5. The van der Waals surface area contributed by atoms with E-state index in [-0.39, 0.29) is 12.0 Å². The Morgan fingerprint density at radius 2 is 2.16 bits per heavy atom. The van der Waals surface area contributed by atoms with E-state index in [1.165, 1.54) is 0 Å². The van der Waals surface area contributed by atoms with Crippen molar-refractivity contribution in [2.75, 3.05) is 0 Å². The first-order chi connectivity index (χ1) is 12.0. The van der Waals surface area contributed by atoms with Gasteiger partial charge in [-0.2, -0.15) is 4.98 Å². The first kappa shape index (κ1) is 17.7. The Morgan fingerprint density at radius 1 is 1.36 bits per heavy atom. The SMILES string of the molecule is CC(C)OC1=C(Cl)CC(c2noc(-c3ccc(C=O)cc3Cl)n2)C=C1. The van der Waals surface area contributed by atoms with E-state index in [2.05, 4.69) is 10.1 Å². The molecule has 1 aliphatic rings. The van der Waals surface area contributed by atoms with Crippen LogP contribution >= 0.6 is 23.2 Å². The van der Waals surface area contributed by atoms with Crippen LogP contribution in [0.25, 0.3) is 11.5 Å². The van der Waals surface area contributed by atoms with Crippen LogP contribution in [0.2, 0.25) is 5.02 Å². The highest BCUT2D eigenvalue weighted by Crippen LogP contribution is 2.34. The summed E-state index contributed by atoms with van der Waals surface area (Å²) < 4.78 is 11.0. The molecule has 1 aromatic heterocycles. The zero-order valence-corrected chi connectivity index (χ0v) is 15.2. The third-order valence-electron chi connectivity index (χ3n) is 3.64. The summed E-state index contributed by atoms with van der Waals surface area (Å²) in [6.45, 7) is 3.89. The maximum atomic E-state index is 10.8. The average molecular weight is 379 g/mol. The van der Waals surface area contributed by atoms with Crippen LogP contribution in [0.3, 0.4) is 0 Å². The van der Waals surface area contributed by atoms with E-state index in [9.17, 15) is 4.79 Å². The molecule has 1 atom stereocenters. The number of aldehydes is 1. The van der Waals surface area contributed by atoms with E-state index < -0.39 is 0 Å². The number of rotatable bonds is 5. The number of hydrogen-bond donors (Lipinski definition) is 0. The first-order valence-corrected chi connectivity index (χ1v) is 8.55. The Kier molecular flexibility index (Phi) is 5.25. The van der Waals surface area contributed by atoms with Gasteiger partial charge < -0.3 is 9.26 Å². The lowest BCUT2D eigenvalue weighted by atomic mass is 9.99. The van der Waals surface area contributed by atoms with Crippen molar-refractivity contribution in [3.63, 3.8) is 0 Å². The molecule has 0 N–H and O–H groups in total. The zero-order chi connectivity index (χ0) is 18.0. The first-order valence-electron chi connectivity index (χ1n) is 7.80. The highest BCUT2D eigenvalue weighted by Gasteiger charge is 2.23. The van der Waals surface area contributed by atoms with Crippen molar-refractivity contribution in [1.82, 2.24) is 10.1 Å². The molecular formula is C18H16Cl2N2O3. The van der Waals surface area contributed by atoms with Gasteiger partial charge in [-0.3, -0.25) is 4.79 Å². The minimum atomic E-state index is -0.0995. The highest BCUT2D eigenvalue weighted by molar-refractivity contribution is 6.33. The van der Waals surface area contributed by atoms with Crippen LogP contribution in [0.5, 0.6) is 0 Å². The van der Waals surface area contributed by atoms with Gasteiger partial charge in [0.05, 0.1) is 21.7 Å². The van der Waals surface area contributed by atoms with Gasteiger partial charge in [-0.1, -0.05) is 40.5 Å². The maximum absolute atomic E-state index is 10.8. The zero-order valence-electron chi connectivity index (χ0n) is 13.7. The van der Waals surface area contributed by atoms with E-state index in [0.717, 1.165) is 6.29 Å². The Hall–Kier alpha value is -2.11. The maximum Gasteiger partial charge on any atom is 0.259 e. The molecule has 0 aliphatic heterocycles. The number of allylic oxidation sites excluding steroid dienone is 3. The summed E-state index contributed by atoms with van der Waals surface area (Å²) in [6.07, 6.45) is 5.09. The van der Waals surface area contributed by atoms with Crippen LogP contribution < -0.4 is 0 Å². The summed E-state index contributed by atoms with van der Waals surface area (Å²) in [5, 5.41) is 5.04. The van der Waals surface area contributed by atoms with Crippen molar-refractivity contribution in [3.8, 4) is 11.5 Å². The smallest absolute Gasteiger partial charge is 0.259 e. The molecule has 0 fully saturated rings. The quantitative estimate of drug-likeness (QED) is 0.675. The van der Waals surface area contributed by atoms with Crippen molar-refractivity contribution < 1.29 is 14.1 Å². The molecule has 7 heteroatoms. The molecule has 1 unspecified atom stereocenters. The lowest BCUT2D eigenvalue weighted by molar-refractivity contribution is 0.112. The Balaban J connectivity index is 1.80. The molecule has 25 heavy (non-hydrogen) atoms. The molecule has 1 aliphatic carbocycles. The Morgan fingerprint density at radius 3 is 2.80 bits per heavy atom. The van der Waals surface area contributed by atoms with Gasteiger partial charge in [-0.05, 0) is 32.1 Å². The number of carbonyl (C=O) groups is 1. The van der Waals surface area contributed by atoms with Crippen molar-refractivity contribution in [2.45, 2.75) is 32.3 Å².